The van der Waals surface area contributed by atoms with E-state index < -0.39 is 0 Å². The number of hydrogen-bond acceptors (Lipinski definition) is 1. The van der Waals surface area contributed by atoms with Crippen LogP contribution in [0.2, 0.25) is 0 Å². The van der Waals surface area contributed by atoms with Gasteiger partial charge in [0.05, 0.1) is 6.54 Å². The fourth-order valence-electron chi connectivity index (χ4n) is 1.00. The molecule has 14 heavy (non-hydrogen) atoms. The summed E-state index contributed by atoms with van der Waals surface area (Å²) >= 11 is 0. The van der Waals surface area contributed by atoms with E-state index in [2.05, 4.69) is 9.98 Å². The molecule has 0 bridgehead atoms. The first kappa shape index (κ1) is 10.1. The Kier molecular flexibility index (Phi) is 3.11. The quantitative estimate of drug-likeness (QED) is 0.382. The van der Waals surface area contributed by atoms with Crippen molar-refractivity contribution in [3.05, 3.63) is 24.0 Å². The largest absolute Gasteiger partial charge is 0.370 e. The van der Waals surface area contributed by atoms with Crippen molar-refractivity contribution < 1.29 is 0 Å². The van der Waals surface area contributed by atoms with E-state index in [0.29, 0.717) is 6.54 Å². The number of nitrogens with zero attached hydrogens (tertiary/aromatic N) is 2. The first-order valence-electron chi connectivity index (χ1n) is 4.11. The highest BCUT2D eigenvalue weighted by atomic mass is 15.2. The zero-order valence-electron chi connectivity index (χ0n) is 7.99. The summed E-state index contributed by atoms with van der Waals surface area (Å²) in [6.07, 6.45) is 1.83. The third kappa shape index (κ3) is 2.81. The van der Waals surface area contributed by atoms with E-state index in [1.54, 1.807) is 11.9 Å². The molecule has 0 aliphatic rings. The zero-order chi connectivity index (χ0) is 10.6. The molecule has 1 aromatic rings. The van der Waals surface area contributed by atoms with Crippen LogP contribution in [0.1, 0.15) is 5.69 Å². The number of nitrogens with two attached hydrogens (primary N) is 2. The van der Waals surface area contributed by atoms with Crippen LogP contribution in [0, 0.1) is 5.41 Å². The van der Waals surface area contributed by atoms with Gasteiger partial charge in [-0.15, -0.1) is 0 Å². The summed E-state index contributed by atoms with van der Waals surface area (Å²) in [5.74, 6) is -0.0621. The Morgan fingerprint density at radius 3 is 2.86 bits per heavy atom. The Balaban J connectivity index is 2.54. The minimum absolute atomic E-state index is 0.0413. The Labute approximate surface area is 82.1 Å². The number of nitrogens with one attached hydrogen (secondary N) is 2. The monoisotopic (exact) mass is 194 g/mol. The smallest absolute Gasteiger partial charge is 0.221 e. The Morgan fingerprint density at radius 2 is 2.36 bits per heavy atom. The van der Waals surface area contributed by atoms with Crippen LogP contribution in [0.15, 0.2) is 23.3 Å². The second-order valence-electron chi connectivity index (χ2n) is 2.91. The molecule has 6 nitrogen and oxygen atoms in total. The van der Waals surface area contributed by atoms with Crippen molar-refractivity contribution >= 4 is 11.9 Å². The van der Waals surface area contributed by atoms with Crippen LogP contribution in [0.5, 0.6) is 0 Å². The van der Waals surface area contributed by atoms with Crippen LogP contribution in [-0.2, 0) is 6.54 Å². The van der Waals surface area contributed by atoms with Crippen molar-refractivity contribution in [2.75, 3.05) is 7.05 Å². The van der Waals surface area contributed by atoms with Gasteiger partial charge in [0, 0.05) is 18.9 Å². The molecule has 0 aliphatic carbocycles. The van der Waals surface area contributed by atoms with Crippen molar-refractivity contribution in [2.45, 2.75) is 6.54 Å². The van der Waals surface area contributed by atoms with Gasteiger partial charge in [-0.2, -0.15) is 4.99 Å². The molecule has 0 saturated carbocycles. The fraction of sp³-hybridized carbons (Fsp3) is 0.250. The average molecular weight is 194 g/mol. The van der Waals surface area contributed by atoms with E-state index in [1.165, 1.54) is 0 Å². The third-order valence-electron chi connectivity index (χ3n) is 1.67. The lowest BCUT2D eigenvalue weighted by Gasteiger charge is -2.15. The van der Waals surface area contributed by atoms with E-state index in [4.69, 9.17) is 16.9 Å². The zero-order valence-corrected chi connectivity index (χ0v) is 7.99. The highest BCUT2D eigenvalue weighted by Gasteiger charge is 2.04. The van der Waals surface area contributed by atoms with Crippen LogP contribution < -0.4 is 11.5 Å². The maximum atomic E-state index is 7.49. The molecule has 1 heterocycles. The number of hydrogen-bond donors (Lipinski definition) is 4. The molecule has 0 spiro atoms. The van der Waals surface area contributed by atoms with Gasteiger partial charge in [-0.3, -0.25) is 5.41 Å². The van der Waals surface area contributed by atoms with Gasteiger partial charge in [0.1, 0.15) is 0 Å². The molecule has 6 heteroatoms. The molecule has 0 atom stereocenters. The van der Waals surface area contributed by atoms with Gasteiger partial charge in [0.2, 0.25) is 5.96 Å². The number of rotatable bonds is 2. The maximum Gasteiger partial charge on any atom is 0.221 e. The number of aromatic amines is 1. The fourth-order valence-corrected chi connectivity index (χ4v) is 1.00. The van der Waals surface area contributed by atoms with Gasteiger partial charge in [0.15, 0.2) is 5.96 Å². The van der Waals surface area contributed by atoms with Crippen LogP contribution in [0.3, 0.4) is 0 Å². The molecule has 1 rings (SSSR count). The first-order valence-corrected chi connectivity index (χ1v) is 4.11. The van der Waals surface area contributed by atoms with Crippen molar-refractivity contribution in [2.24, 2.45) is 16.5 Å². The standard InChI is InChI=1S/C8H14N6/c1-14(8(11)13-7(9)10)5-6-3-2-4-12-6/h2-4,12H,5H2,1H3,(H5,9,10,11,13). The number of H-pyrrole nitrogens is 1. The van der Waals surface area contributed by atoms with Crippen molar-refractivity contribution in [1.29, 1.82) is 5.41 Å². The normalized spacial score (nSPS) is 9.50. The second kappa shape index (κ2) is 4.31. The second-order valence-corrected chi connectivity index (χ2v) is 2.91. The van der Waals surface area contributed by atoms with Gasteiger partial charge in [0.25, 0.3) is 0 Å². The molecular formula is C8H14N6. The Hall–Kier alpha value is -1.98. The number of guanidine groups is 2. The molecule has 0 amide bonds. The van der Waals surface area contributed by atoms with Crippen molar-refractivity contribution in [3.63, 3.8) is 0 Å². The van der Waals surface area contributed by atoms with Crippen LogP contribution >= 0.6 is 0 Å². The summed E-state index contributed by atoms with van der Waals surface area (Å²) in [6.45, 7) is 0.572. The summed E-state index contributed by atoms with van der Waals surface area (Å²) in [7, 11) is 1.75. The van der Waals surface area contributed by atoms with Gasteiger partial charge in [-0.05, 0) is 12.1 Å². The highest BCUT2D eigenvalue weighted by molar-refractivity contribution is 5.91. The van der Waals surface area contributed by atoms with Crippen LogP contribution in [0.4, 0.5) is 0 Å². The number of aliphatic imine (C=N–C) groups is 1. The molecule has 0 aliphatic heterocycles. The molecule has 1 aromatic heterocycles. The molecular weight excluding hydrogens is 180 g/mol. The molecule has 6 N–H and O–H groups in total. The van der Waals surface area contributed by atoms with Crippen molar-refractivity contribution in [1.82, 2.24) is 9.88 Å². The van der Waals surface area contributed by atoms with E-state index in [-0.39, 0.29) is 11.9 Å². The van der Waals surface area contributed by atoms with Gasteiger partial charge in [-0.1, -0.05) is 0 Å². The van der Waals surface area contributed by atoms with Crippen LogP contribution in [-0.4, -0.2) is 28.9 Å². The molecule has 0 radical (unpaired) electrons. The maximum absolute atomic E-state index is 7.49. The van der Waals surface area contributed by atoms with Crippen LogP contribution in [0.25, 0.3) is 0 Å². The van der Waals surface area contributed by atoms with E-state index in [1.807, 2.05) is 18.3 Å². The topological polar surface area (TPSA) is 107 Å². The number of aromatic nitrogens is 1. The molecule has 76 valence electrons. The summed E-state index contributed by atoms with van der Waals surface area (Å²) < 4.78 is 0. The first-order chi connectivity index (χ1) is 6.59. The molecule has 0 saturated heterocycles. The van der Waals surface area contributed by atoms with E-state index >= 15 is 0 Å². The summed E-state index contributed by atoms with van der Waals surface area (Å²) in [5.41, 5.74) is 11.3. The molecule has 0 unspecified atom stereocenters. The minimum atomic E-state index is -0.103. The van der Waals surface area contributed by atoms with Gasteiger partial charge < -0.3 is 21.4 Å². The lowest BCUT2D eigenvalue weighted by atomic mass is 10.4. The molecule has 0 fully saturated rings. The predicted molar refractivity (Wildman–Crippen MR) is 55.8 cm³/mol. The third-order valence-corrected chi connectivity index (χ3v) is 1.67. The minimum Gasteiger partial charge on any atom is -0.370 e. The lowest BCUT2D eigenvalue weighted by molar-refractivity contribution is 0.485. The Morgan fingerprint density at radius 1 is 1.64 bits per heavy atom. The van der Waals surface area contributed by atoms with E-state index in [0.717, 1.165) is 5.69 Å². The van der Waals surface area contributed by atoms with Gasteiger partial charge in [-0.25, -0.2) is 0 Å². The summed E-state index contributed by atoms with van der Waals surface area (Å²) in [6, 6.07) is 3.83. The van der Waals surface area contributed by atoms with E-state index in [9.17, 15) is 0 Å². The van der Waals surface area contributed by atoms with Gasteiger partial charge >= 0.3 is 0 Å². The van der Waals surface area contributed by atoms with Crippen molar-refractivity contribution in [3.8, 4) is 0 Å². The summed E-state index contributed by atoms with van der Waals surface area (Å²) in [5, 5.41) is 7.49. The summed E-state index contributed by atoms with van der Waals surface area (Å²) in [4.78, 5) is 8.28. The highest BCUT2D eigenvalue weighted by Crippen LogP contribution is 1.99. The molecule has 0 aromatic carbocycles. The SMILES string of the molecule is CN(Cc1ccc[nH]1)C(=N)N=C(N)N. The Bertz CT molecular complexity index is 322. The lowest BCUT2D eigenvalue weighted by Crippen LogP contribution is -2.30. The average Bonchev–Trinajstić information content (AvgIpc) is 2.55. The predicted octanol–water partition coefficient (Wildman–Crippen LogP) is -0.345.